The zero-order valence-corrected chi connectivity index (χ0v) is 20.4. The first-order chi connectivity index (χ1) is 15.7. The zero-order valence-electron chi connectivity index (χ0n) is 19.6. The van der Waals surface area contributed by atoms with Gasteiger partial charge in [0.15, 0.2) is 0 Å². The van der Waals surface area contributed by atoms with E-state index in [2.05, 4.69) is 19.2 Å². The van der Waals surface area contributed by atoms with Gasteiger partial charge in [0.25, 0.3) is 11.8 Å². The number of halogens is 1. The van der Waals surface area contributed by atoms with Crippen LogP contribution < -0.4 is 10.2 Å². The van der Waals surface area contributed by atoms with Crippen LogP contribution in [-0.2, 0) is 6.54 Å². The summed E-state index contributed by atoms with van der Waals surface area (Å²) in [5, 5.41) is 4.80. The first kappa shape index (κ1) is 24.5. The second-order valence-electron chi connectivity index (χ2n) is 8.60. The molecule has 0 aliphatic carbocycles. The molecule has 0 aliphatic heterocycles. The zero-order chi connectivity index (χ0) is 24.1. The molecule has 7 heteroatoms. The van der Waals surface area contributed by atoms with Crippen LogP contribution in [0.4, 0.5) is 15.8 Å². The predicted octanol–water partition coefficient (Wildman–Crippen LogP) is 5.89. The molecule has 1 atom stereocenters. The molecule has 0 saturated heterocycles. The smallest absolute Gasteiger partial charge is 0.265 e. The van der Waals surface area contributed by atoms with Crippen molar-refractivity contribution in [3.05, 3.63) is 81.8 Å². The molecule has 0 aliphatic rings. The molecule has 0 saturated carbocycles. The lowest BCUT2D eigenvalue weighted by atomic mass is 10.0. The molecular formula is C26H30FN3O2S. The highest BCUT2D eigenvalue weighted by Gasteiger charge is 2.25. The first-order valence-electron chi connectivity index (χ1n) is 10.9. The summed E-state index contributed by atoms with van der Waals surface area (Å²) in [5.74, 6) is -0.637. The average Bonchev–Trinajstić information content (AvgIpc) is 3.31. The Labute approximate surface area is 198 Å². The number of carbonyl (C=O) groups excluding carboxylic acids is 2. The molecule has 174 valence electrons. The van der Waals surface area contributed by atoms with Crippen molar-refractivity contribution in [2.24, 2.45) is 5.92 Å². The predicted molar refractivity (Wildman–Crippen MR) is 134 cm³/mol. The van der Waals surface area contributed by atoms with Crippen molar-refractivity contribution in [2.45, 2.75) is 33.4 Å². The monoisotopic (exact) mass is 467 g/mol. The number of thiophene rings is 1. The Morgan fingerprint density at radius 2 is 1.79 bits per heavy atom. The van der Waals surface area contributed by atoms with E-state index in [9.17, 15) is 14.0 Å². The number of anilines is 2. The number of carbonyl (C=O) groups is 2. The molecule has 0 radical (unpaired) electrons. The maximum Gasteiger partial charge on any atom is 0.265 e. The molecule has 1 unspecified atom stereocenters. The van der Waals surface area contributed by atoms with Crippen molar-refractivity contribution in [1.82, 2.24) is 4.90 Å². The minimum absolute atomic E-state index is 0.0832. The molecule has 1 N–H and O–H groups in total. The van der Waals surface area contributed by atoms with E-state index in [1.54, 1.807) is 23.1 Å². The Bertz CT molecular complexity index is 1110. The van der Waals surface area contributed by atoms with E-state index in [-0.39, 0.29) is 23.8 Å². The Balaban J connectivity index is 1.96. The average molecular weight is 468 g/mol. The third-order valence-electron chi connectivity index (χ3n) is 5.69. The van der Waals surface area contributed by atoms with E-state index < -0.39 is 5.82 Å². The highest BCUT2D eigenvalue weighted by Crippen LogP contribution is 2.28. The van der Waals surface area contributed by atoms with E-state index in [0.29, 0.717) is 22.7 Å². The van der Waals surface area contributed by atoms with Gasteiger partial charge in [0.2, 0.25) is 0 Å². The van der Waals surface area contributed by atoms with Gasteiger partial charge in [-0.15, -0.1) is 11.3 Å². The third-order valence-corrected chi connectivity index (χ3v) is 6.56. The summed E-state index contributed by atoms with van der Waals surface area (Å²) in [4.78, 5) is 30.3. The summed E-state index contributed by atoms with van der Waals surface area (Å²) in [6.07, 6.45) is 0. The lowest BCUT2D eigenvalue weighted by Crippen LogP contribution is -2.41. The van der Waals surface area contributed by atoms with Crippen molar-refractivity contribution in [3.63, 3.8) is 0 Å². The largest absolute Gasteiger partial charge is 0.377 e. The van der Waals surface area contributed by atoms with Crippen LogP contribution in [0.2, 0.25) is 0 Å². The Morgan fingerprint density at radius 1 is 1.03 bits per heavy atom. The summed E-state index contributed by atoms with van der Waals surface area (Å²) in [7, 11) is 3.88. The van der Waals surface area contributed by atoms with E-state index in [1.807, 2.05) is 55.6 Å². The van der Waals surface area contributed by atoms with Gasteiger partial charge in [0.1, 0.15) is 5.82 Å². The number of nitrogens with zero attached hydrogens (tertiary/aromatic N) is 2. The molecule has 33 heavy (non-hydrogen) atoms. The summed E-state index contributed by atoms with van der Waals surface area (Å²) in [5.41, 5.74) is 2.80. The molecule has 5 nitrogen and oxygen atoms in total. The standard InChI is InChI=1S/C26H30FN3O2S/c1-17(2)18(3)30(26(32)19-8-6-9-21(27)14-19)16-20-15-22(11-12-23(20)29(4)5)28-25(31)24-10-7-13-33-24/h6-15,17-18H,16H2,1-5H3,(H,28,31). The maximum absolute atomic E-state index is 13.8. The van der Waals surface area contributed by atoms with Crippen LogP contribution in [0.3, 0.4) is 0 Å². The Morgan fingerprint density at radius 3 is 2.39 bits per heavy atom. The van der Waals surface area contributed by atoms with E-state index in [0.717, 1.165) is 11.3 Å². The van der Waals surface area contributed by atoms with Gasteiger partial charge in [0, 0.05) is 43.6 Å². The van der Waals surface area contributed by atoms with Gasteiger partial charge in [-0.3, -0.25) is 9.59 Å². The summed E-state index contributed by atoms with van der Waals surface area (Å²) in [6, 6.07) is 15.0. The molecule has 1 aromatic heterocycles. The van der Waals surface area contributed by atoms with Gasteiger partial charge in [-0.2, -0.15) is 0 Å². The van der Waals surface area contributed by atoms with E-state index in [4.69, 9.17) is 0 Å². The second-order valence-corrected chi connectivity index (χ2v) is 9.55. The van der Waals surface area contributed by atoms with Crippen molar-refractivity contribution < 1.29 is 14.0 Å². The Hall–Kier alpha value is -3.19. The minimum Gasteiger partial charge on any atom is -0.377 e. The maximum atomic E-state index is 13.8. The highest BCUT2D eigenvalue weighted by molar-refractivity contribution is 7.12. The van der Waals surface area contributed by atoms with Gasteiger partial charge >= 0.3 is 0 Å². The van der Waals surface area contributed by atoms with Crippen LogP contribution in [0, 0.1) is 11.7 Å². The van der Waals surface area contributed by atoms with Gasteiger partial charge < -0.3 is 15.1 Å². The summed E-state index contributed by atoms with van der Waals surface area (Å²) in [6.45, 7) is 6.44. The quantitative estimate of drug-likeness (QED) is 0.449. The number of hydrogen-bond donors (Lipinski definition) is 1. The van der Waals surface area contributed by atoms with Crippen molar-refractivity contribution in [1.29, 1.82) is 0 Å². The van der Waals surface area contributed by atoms with Gasteiger partial charge in [0.05, 0.1) is 4.88 Å². The number of rotatable bonds is 8. The fourth-order valence-corrected chi connectivity index (χ4v) is 4.18. The third kappa shape index (κ3) is 5.99. The van der Waals surface area contributed by atoms with Crippen LogP contribution in [0.15, 0.2) is 60.0 Å². The van der Waals surface area contributed by atoms with Gasteiger partial charge in [-0.25, -0.2) is 4.39 Å². The molecule has 2 amide bonds. The molecule has 0 fully saturated rings. The molecule has 1 heterocycles. The summed E-state index contributed by atoms with van der Waals surface area (Å²) < 4.78 is 13.8. The normalized spacial score (nSPS) is 11.8. The van der Waals surface area contributed by atoms with Crippen LogP contribution in [-0.4, -0.2) is 36.9 Å². The number of hydrogen-bond acceptors (Lipinski definition) is 4. The van der Waals surface area contributed by atoms with Crippen LogP contribution in [0.25, 0.3) is 0 Å². The fourth-order valence-electron chi connectivity index (χ4n) is 3.56. The first-order valence-corrected chi connectivity index (χ1v) is 11.8. The van der Waals surface area contributed by atoms with Crippen molar-refractivity contribution >= 4 is 34.5 Å². The molecule has 2 aromatic carbocycles. The molecular weight excluding hydrogens is 437 g/mol. The Kier molecular flexibility index (Phi) is 7.87. The van der Waals surface area contributed by atoms with E-state index in [1.165, 1.54) is 23.5 Å². The topological polar surface area (TPSA) is 52.7 Å². The van der Waals surface area contributed by atoms with E-state index >= 15 is 0 Å². The number of benzene rings is 2. The molecule has 0 spiro atoms. The highest BCUT2D eigenvalue weighted by atomic mass is 32.1. The van der Waals surface area contributed by atoms with Gasteiger partial charge in [-0.05, 0) is 66.2 Å². The fraction of sp³-hybridized carbons (Fsp3) is 0.308. The van der Waals surface area contributed by atoms with Crippen molar-refractivity contribution in [3.8, 4) is 0 Å². The lowest BCUT2D eigenvalue weighted by molar-refractivity contribution is 0.0628. The second kappa shape index (κ2) is 10.6. The number of amides is 2. The van der Waals surface area contributed by atoms with Gasteiger partial charge in [-0.1, -0.05) is 26.0 Å². The molecule has 0 bridgehead atoms. The van der Waals surface area contributed by atoms with Crippen LogP contribution in [0.5, 0.6) is 0 Å². The summed E-state index contributed by atoms with van der Waals surface area (Å²) >= 11 is 1.38. The minimum atomic E-state index is -0.440. The van der Waals surface area contributed by atoms with Crippen LogP contribution >= 0.6 is 11.3 Å². The lowest BCUT2D eigenvalue weighted by Gasteiger charge is -2.33. The van der Waals surface area contributed by atoms with Crippen molar-refractivity contribution in [2.75, 3.05) is 24.3 Å². The van der Waals surface area contributed by atoms with Crippen LogP contribution in [0.1, 0.15) is 46.4 Å². The molecule has 3 aromatic rings. The molecule has 3 rings (SSSR count). The number of nitrogens with one attached hydrogen (secondary N) is 1. The SMILES string of the molecule is CC(C)C(C)N(Cc1cc(NC(=O)c2cccs2)ccc1N(C)C)C(=O)c1cccc(F)c1.